The second kappa shape index (κ2) is 8.18. The lowest BCUT2D eigenvalue weighted by Gasteiger charge is -2.59. The number of anilines is 1. The third-order valence-corrected chi connectivity index (χ3v) is 9.69. The Bertz CT molecular complexity index is 1110. The van der Waals surface area contributed by atoms with Crippen LogP contribution in [0.1, 0.15) is 54.4 Å². The number of rotatable bonds is 4. The van der Waals surface area contributed by atoms with Gasteiger partial charge in [0.15, 0.2) is 0 Å². The minimum atomic E-state index is -0.700. The third-order valence-electron chi connectivity index (χ3n) is 8.43. The molecule has 4 bridgehead atoms. The third kappa shape index (κ3) is 3.69. The van der Waals surface area contributed by atoms with Crippen LogP contribution in [-0.4, -0.2) is 53.7 Å². The van der Waals surface area contributed by atoms with E-state index in [-0.39, 0.29) is 11.8 Å². The maximum atomic E-state index is 13.9. The lowest BCUT2D eigenvalue weighted by Crippen LogP contribution is -2.59. The predicted molar refractivity (Wildman–Crippen MR) is 132 cm³/mol. The lowest BCUT2D eigenvalue weighted by molar-refractivity contribution is -0.174. The number of nitrogens with one attached hydrogen (secondary N) is 1. The summed E-state index contributed by atoms with van der Waals surface area (Å²) < 4.78 is 5.45. The average molecular weight is 481 g/mol. The average Bonchev–Trinajstić information content (AvgIpc) is 3.13. The molecule has 2 N–H and O–H groups in total. The molecule has 7 rings (SSSR count). The lowest BCUT2D eigenvalue weighted by atomic mass is 9.47. The van der Waals surface area contributed by atoms with Crippen LogP contribution < -0.4 is 5.32 Å². The van der Waals surface area contributed by atoms with Gasteiger partial charge in [0.2, 0.25) is 5.91 Å². The van der Waals surface area contributed by atoms with Crippen LogP contribution in [0.25, 0.3) is 10.4 Å². The van der Waals surface area contributed by atoms with Crippen molar-refractivity contribution < 1.29 is 19.4 Å². The molecule has 1 aliphatic heterocycles. The molecule has 34 heavy (non-hydrogen) atoms. The summed E-state index contributed by atoms with van der Waals surface area (Å²) in [6.45, 7) is 4.17. The molecule has 0 radical (unpaired) electrons. The fourth-order valence-corrected chi connectivity index (χ4v) is 8.56. The first-order valence-corrected chi connectivity index (χ1v) is 13.3. The van der Waals surface area contributed by atoms with Gasteiger partial charge in [-0.2, -0.15) is 0 Å². The zero-order valence-corrected chi connectivity index (χ0v) is 20.5. The number of morpholine rings is 1. The largest absolute Gasteiger partial charge is 0.390 e. The number of carbonyl (C=O) groups excluding carboxylic acids is 2. The van der Waals surface area contributed by atoms with Crippen molar-refractivity contribution in [2.24, 2.45) is 17.3 Å². The number of ether oxygens (including phenoxy) is 1. The standard InChI is InChI=1S/C27H32N2O4S/c1-17-21(24(30)29-7-9-33-10-8-29)23(34-22(17)20-5-3-2-4-6-20)28-25(31)26-12-18-11-19(13-26)15-27(32,14-18)16-26/h2-6,18-19,32H,7-16H2,1H3,(H,28,31)/t18-,19+,26?,27?. The van der Waals surface area contributed by atoms with Crippen molar-refractivity contribution in [1.82, 2.24) is 4.90 Å². The SMILES string of the molecule is Cc1c(-c2ccccc2)sc(NC(=O)C23C[C@@H]4C[C@@H](CC(O)(C4)C2)C3)c1C(=O)N1CCOCC1. The molecule has 5 aliphatic rings. The van der Waals surface area contributed by atoms with Crippen LogP contribution in [0, 0.1) is 24.2 Å². The van der Waals surface area contributed by atoms with Crippen LogP contribution in [0.5, 0.6) is 0 Å². The maximum Gasteiger partial charge on any atom is 0.257 e. The topological polar surface area (TPSA) is 78.9 Å². The number of thiophene rings is 1. The Morgan fingerprint density at radius 1 is 1.09 bits per heavy atom. The van der Waals surface area contributed by atoms with Gasteiger partial charge in [-0.15, -0.1) is 11.3 Å². The molecule has 7 heteroatoms. The van der Waals surface area contributed by atoms with Crippen molar-refractivity contribution in [3.05, 3.63) is 41.5 Å². The maximum absolute atomic E-state index is 13.9. The van der Waals surface area contributed by atoms with Crippen LogP contribution in [0.4, 0.5) is 5.00 Å². The Morgan fingerprint density at radius 2 is 1.76 bits per heavy atom. The van der Waals surface area contributed by atoms with E-state index >= 15 is 0 Å². The zero-order valence-electron chi connectivity index (χ0n) is 19.6. The molecule has 6 nitrogen and oxygen atoms in total. The molecule has 2 aromatic rings. The first-order chi connectivity index (χ1) is 16.4. The second-order valence-electron chi connectivity index (χ2n) is 11.0. The molecule has 4 aliphatic carbocycles. The molecular formula is C27H32N2O4S. The summed E-state index contributed by atoms with van der Waals surface area (Å²) in [5.74, 6) is 0.795. The van der Waals surface area contributed by atoms with Crippen LogP contribution >= 0.6 is 11.3 Å². The van der Waals surface area contributed by atoms with E-state index in [2.05, 4.69) is 5.32 Å². The second-order valence-corrected chi connectivity index (χ2v) is 12.0. The van der Waals surface area contributed by atoms with Gasteiger partial charge in [-0.25, -0.2) is 0 Å². The number of aliphatic hydroxyl groups is 1. The number of carbonyl (C=O) groups is 2. The van der Waals surface area contributed by atoms with E-state index in [4.69, 9.17) is 4.74 Å². The molecule has 0 spiro atoms. The highest BCUT2D eigenvalue weighted by Crippen LogP contribution is 2.62. The smallest absolute Gasteiger partial charge is 0.257 e. The normalized spacial score (nSPS) is 32.1. The van der Waals surface area contributed by atoms with Crippen molar-refractivity contribution in [1.29, 1.82) is 0 Å². The number of amides is 2. The number of hydrogen-bond donors (Lipinski definition) is 2. The van der Waals surface area contributed by atoms with Gasteiger partial charge in [0.05, 0.1) is 29.8 Å². The van der Waals surface area contributed by atoms with E-state index in [9.17, 15) is 14.7 Å². The fraction of sp³-hybridized carbons (Fsp3) is 0.556. The van der Waals surface area contributed by atoms with Gasteiger partial charge in [-0.1, -0.05) is 30.3 Å². The van der Waals surface area contributed by atoms with E-state index in [0.29, 0.717) is 55.1 Å². The highest BCUT2D eigenvalue weighted by Gasteiger charge is 2.60. The van der Waals surface area contributed by atoms with Crippen molar-refractivity contribution in [2.75, 3.05) is 31.6 Å². The van der Waals surface area contributed by atoms with E-state index in [0.717, 1.165) is 48.1 Å². The van der Waals surface area contributed by atoms with E-state index in [1.165, 1.54) is 11.3 Å². The highest BCUT2D eigenvalue weighted by atomic mass is 32.1. The van der Waals surface area contributed by atoms with E-state index in [1.807, 2.05) is 42.2 Å². The first-order valence-electron chi connectivity index (χ1n) is 12.5. The van der Waals surface area contributed by atoms with Crippen molar-refractivity contribution in [2.45, 2.75) is 51.0 Å². The Balaban J connectivity index is 1.36. The van der Waals surface area contributed by atoms with Gasteiger partial charge in [0, 0.05) is 18.0 Å². The zero-order chi connectivity index (χ0) is 23.5. The molecule has 1 aromatic heterocycles. The highest BCUT2D eigenvalue weighted by molar-refractivity contribution is 7.20. The molecule has 2 unspecified atom stereocenters. The van der Waals surface area contributed by atoms with E-state index < -0.39 is 11.0 Å². The summed E-state index contributed by atoms with van der Waals surface area (Å²) in [5, 5.41) is 15.0. The molecule has 4 atom stereocenters. The summed E-state index contributed by atoms with van der Waals surface area (Å²) in [6.07, 6.45) is 5.03. The Hall–Kier alpha value is -2.22. The molecule has 2 amide bonds. The summed E-state index contributed by atoms with van der Waals surface area (Å²) >= 11 is 1.49. The molecule has 5 fully saturated rings. The van der Waals surface area contributed by atoms with Crippen molar-refractivity contribution in [3.63, 3.8) is 0 Å². The molecule has 1 aromatic carbocycles. The van der Waals surface area contributed by atoms with Crippen LogP contribution in [-0.2, 0) is 9.53 Å². The Labute approximate surface area is 204 Å². The van der Waals surface area contributed by atoms with E-state index in [1.54, 1.807) is 0 Å². The Kier molecular flexibility index (Phi) is 5.35. The summed E-state index contributed by atoms with van der Waals surface area (Å²) in [6, 6.07) is 10.1. The molecule has 1 saturated heterocycles. The van der Waals surface area contributed by atoms with Gasteiger partial charge in [-0.3, -0.25) is 9.59 Å². The molecule has 2 heterocycles. The summed E-state index contributed by atoms with van der Waals surface area (Å²) in [4.78, 5) is 30.3. The molecular weight excluding hydrogens is 448 g/mol. The van der Waals surface area contributed by atoms with Crippen molar-refractivity contribution in [3.8, 4) is 10.4 Å². The quantitative estimate of drug-likeness (QED) is 0.677. The first kappa shape index (κ1) is 22.3. The molecule has 180 valence electrons. The van der Waals surface area contributed by atoms with Crippen LogP contribution in [0.3, 0.4) is 0 Å². The van der Waals surface area contributed by atoms with Gasteiger partial charge >= 0.3 is 0 Å². The Morgan fingerprint density at radius 3 is 2.41 bits per heavy atom. The van der Waals surface area contributed by atoms with Gasteiger partial charge in [0.1, 0.15) is 5.00 Å². The summed E-state index contributed by atoms with van der Waals surface area (Å²) in [5.41, 5.74) is 1.33. The van der Waals surface area contributed by atoms with Gasteiger partial charge in [-0.05, 0) is 68.4 Å². The minimum Gasteiger partial charge on any atom is -0.390 e. The monoisotopic (exact) mass is 480 g/mol. The van der Waals surface area contributed by atoms with Gasteiger partial charge in [0.25, 0.3) is 5.91 Å². The molecule has 4 saturated carbocycles. The number of nitrogens with zero attached hydrogens (tertiary/aromatic N) is 1. The minimum absolute atomic E-state index is 0.0167. The number of hydrogen-bond acceptors (Lipinski definition) is 5. The van der Waals surface area contributed by atoms with Crippen LogP contribution in [0.2, 0.25) is 0 Å². The fourth-order valence-electron chi connectivity index (χ4n) is 7.36. The number of benzene rings is 1. The van der Waals surface area contributed by atoms with Crippen LogP contribution in [0.15, 0.2) is 30.3 Å². The van der Waals surface area contributed by atoms with Gasteiger partial charge < -0.3 is 20.1 Å². The predicted octanol–water partition coefficient (Wildman–Crippen LogP) is 4.47. The van der Waals surface area contributed by atoms with Crippen molar-refractivity contribution >= 4 is 28.2 Å². The summed E-state index contributed by atoms with van der Waals surface area (Å²) in [7, 11) is 0.